The number of allylic oxidation sites excluding steroid dienone is 2. The summed E-state index contributed by atoms with van der Waals surface area (Å²) in [4.78, 5) is 23.0. The largest absolute Gasteiger partial charge is 0.350 e. The number of hydrazine groups is 1. The van der Waals surface area contributed by atoms with Gasteiger partial charge in [0.25, 0.3) is 0 Å². The van der Waals surface area contributed by atoms with E-state index < -0.39 is 12.7 Å². The lowest BCUT2D eigenvalue weighted by Crippen LogP contribution is -2.46. The molecule has 0 aliphatic carbocycles. The zero-order valence-corrected chi connectivity index (χ0v) is 16.8. The summed E-state index contributed by atoms with van der Waals surface area (Å²) in [5, 5.41) is 1.58. The molecule has 3 N–H and O–H groups in total. The van der Waals surface area contributed by atoms with Crippen LogP contribution in [0.4, 0.5) is 9.18 Å². The summed E-state index contributed by atoms with van der Waals surface area (Å²) in [6.07, 6.45) is 13.1. The summed E-state index contributed by atoms with van der Waals surface area (Å²) in [6.45, 7) is 6.85. The van der Waals surface area contributed by atoms with E-state index >= 15 is 0 Å². The molecule has 0 unspecified atom stereocenters. The monoisotopic (exact) mass is 391 g/mol. The molecule has 0 saturated carbocycles. The first-order chi connectivity index (χ1) is 13.5. The van der Waals surface area contributed by atoms with E-state index in [0.717, 1.165) is 18.5 Å². The van der Waals surface area contributed by atoms with Crippen LogP contribution in [0.5, 0.6) is 0 Å². The maximum absolute atomic E-state index is 11.9. The quantitative estimate of drug-likeness (QED) is 0.665. The number of hydrogen-bond acceptors (Lipinski definition) is 5. The molecule has 0 bridgehead atoms. The number of primary amides is 1. The number of nitrogens with one attached hydrogen (secondary N) is 1. The van der Waals surface area contributed by atoms with Crippen molar-refractivity contribution in [3.8, 4) is 0 Å². The van der Waals surface area contributed by atoms with Crippen LogP contribution in [-0.2, 0) is 6.54 Å². The number of nitrogens with zero attached hydrogens (tertiary/aromatic N) is 5. The Morgan fingerprint density at radius 1 is 1.43 bits per heavy atom. The van der Waals surface area contributed by atoms with Gasteiger partial charge in [-0.05, 0) is 24.8 Å². The average molecular weight is 391 g/mol. The summed E-state index contributed by atoms with van der Waals surface area (Å²) < 4.78 is 13.9. The molecule has 0 aromatic carbocycles. The summed E-state index contributed by atoms with van der Waals surface area (Å²) in [5.74, 6) is 0. The van der Waals surface area contributed by atoms with Crippen molar-refractivity contribution in [2.45, 2.75) is 46.6 Å². The first-order valence-electron chi connectivity index (χ1n) is 9.33. The second kappa shape index (κ2) is 13.2. The molecular weight excluding hydrogens is 361 g/mol. The molecule has 0 saturated heterocycles. The van der Waals surface area contributed by atoms with Crippen molar-refractivity contribution in [3.05, 3.63) is 42.3 Å². The highest BCUT2D eigenvalue weighted by molar-refractivity contribution is 5.85. The molecule has 1 aliphatic heterocycles. The minimum atomic E-state index is -0.588. The molecule has 0 radical (unpaired) electrons. The SMILES string of the molecule is CC/C=C\N=C(CC)CF.CCC1=C(Cn2ccnc2)N=CN(NC(N)=O)C1. The van der Waals surface area contributed by atoms with Gasteiger partial charge in [0.1, 0.15) is 13.0 Å². The second-order valence-electron chi connectivity index (χ2n) is 5.96. The number of halogens is 1. The highest BCUT2D eigenvalue weighted by Gasteiger charge is 2.14. The number of rotatable bonds is 8. The molecule has 28 heavy (non-hydrogen) atoms. The fourth-order valence-electron chi connectivity index (χ4n) is 2.28. The van der Waals surface area contributed by atoms with Crippen molar-refractivity contribution < 1.29 is 9.18 Å². The number of hydrogen-bond donors (Lipinski definition) is 2. The minimum Gasteiger partial charge on any atom is -0.350 e. The molecule has 8 nitrogen and oxygen atoms in total. The number of amides is 2. The fourth-order valence-corrected chi connectivity index (χ4v) is 2.28. The molecule has 9 heteroatoms. The number of carbonyl (C=O) groups excluding carboxylic acids is 1. The molecule has 2 amide bonds. The Kier molecular flexibility index (Phi) is 10.9. The van der Waals surface area contributed by atoms with E-state index in [9.17, 15) is 9.18 Å². The lowest BCUT2D eigenvalue weighted by atomic mass is 10.1. The summed E-state index contributed by atoms with van der Waals surface area (Å²) in [6, 6.07) is -0.588. The van der Waals surface area contributed by atoms with Gasteiger partial charge in [-0.25, -0.2) is 24.6 Å². The van der Waals surface area contributed by atoms with Crippen LogP contribution in [0.15, 0.2) is 52.3 Å². The number of alkyl halides is 1. The van der Waals surface area contributed by atoms with Crippen LogP contribution >= 0.6 is 0 Å². The van der Waals surface area contributed by atoms with Gasteiger partial charge < -0.3 is 10.3 Å². The van der Waals surface area contributed by atoms with Crippen molar-refractivity contribution in [3.63, 3.8) is 0 Å². The highest BCUT2D eigenvalue weighted by atomic mass is 19.1. The first-order valence-corrected chi connectivity index (χ1v) is 9.33. The topological polar surface area (TPSA) is 101 Å². The Balaban J connectivity index is 0.000000336. The van der Waals surface area contributed by atoms with Crippen LogP contribution < -0.4 is 11.2 Å². The normalized spacial score (nSPS) is 14.3. The third kappa shape index (κ3) is 8.61. The molecule has 2 heterocycles. The number of nitrogens with two attached hydrogens (primary N) is 1. The standard InChI is InChI=1S/C11H16N6O.C8H14FN/c1-2-9-5-17(15-11(12)18)8-14-10(9)6-16-4-3-13-7-16;1-3-5-6-10-8(4-2)7-9/h3-4,7-8H,2,5-6H2,1H3,(H3,12,15,18);5-6H,3-4,7H2,1-2H3/b;6-5-,10-8?. The highest BCUT2D eigenvalue weighted by Crippen LogP contribution is 2.16. The number of aromatic nitrogens is 2. The molecule has 0 spiro atoms. The van der Waals surface area contributed by atoms with Crippen LogP contribution in [0, 0.1) is 0 Å². The molecule has 1 aromatic heterocycles. The van der Waals surface area contributed by atoms with Gasteiger partial charge in [0.2, 0.25) is 0 Å². The van der Waals surface area contributed by atoms with E-state index in [0.29, 0.717) is 25.2 Å². The van der Waals surface area contributed by atoms with E-state index in [1.165, 1.54) is 5.57 Å². The van der Waals surface area contributed by atoms with Crippen molar-refractivity contribution in [2.75, 3.05) is 13.2 Å². The molecule has 0 atom stereocenters. The van der Waals surface area contributed by atoms with E-state index in [2.05, 4.69) is 27.3 Å². The van der Waals surface area contributed by atoms with Gasteiger partial charge in [0, 0.05) is 24.3 Å². The summed E-state index contributed by atoms with van der Waals surface area (Å²) in [5.41, 5.74) is 10.3. The Morgan fingerprint density at radius 2 is 2.21 bits per heavy atom. The van der Waals surface area contributed by atoms with Gasteiger partial charge >= 0.3 is 6.03 Å². The van der Waals surface area contributed by atoms with Gasteiger partial charge in [0.05, 0.1) is 25.1 Å². The molecule has 1 aliphatic rings. The first kappa shape index (κ1) is 23.1. The van der Waals surface area contributed by atoms with Crippen molar-refractivity contribution >= 4 is 18.1 Å². The summed E-state index contributed by atoms with van der Waals surface area (Å²) >= 11 is 0. The second-order valence-corrected chi connectivity index (χ2v) is 5.96. The molecule has 0 fully saturated rings. The van der Waals surface area contributed by atoms with Crippen molar-refractivity contribution in [1.29, 1.82) is 0 Å². The number of carbonyl (C=O) groups is 1. The third-order valence-electron chi connectivity index (χ3n) is 3.85. The summed E-state index contributed by atoms with van der Waals surface area (Å²) in [7, 11) is 0. The van der Waals surface area contributed by atoms with Gasteiger partial charge in [-0.3, -0.25) is 10.0 Å². The zero-order valence-electron chi connectivity index (χ0n) is 16.8. The lowest BCUT2D eigenvalue weighted by Gasteiger charge is -2.25. The van der Waals surface area contributed by atoms with Crippen LogP contribution in [-0.4, -0.2) is 45.9 Å². The van der Waals surface area contributed by atoms with E-state index in [1.807, 2.05) is 30.7 Å². The number of aliphatic imine (C=N–C) groups is 2. The molecule has 2 rings (SSSR count). The Morgan fingerprint density at radius 3 is 2.75 bits per heavy atom. The maximum atomic E-state index is 11.9. The molecule has 154 valence electrons. The van der Waals surface area contributed by atoms with Crippen molar-refractivity contribution in [1.82, 2.24) is 20.0 Å². The predicted molar refractivity (Wildman–Crippen MR) is 111 cm³/mol. The van der Waals surface area contributed by atoms with Crippen LogP contribution in [0.1, 0.15) is 40.0 Å². The van der Waals surface area contributed by atoms with Gasteiger partial charge in [-0.1, -0.05) is 26.8 Å². The van der Waals surface area contributed by atoms with Gasteiger partial charge in [-0.2, -0.15) is 0 Å². The zero-order chi connectivity index (χ0) is 20.8. The molecular formula is C19H30FN7O. The van der Waals surface area contributed by atoms with E-state index in [-0.39, 0.29) is 0 Å². The number of imidazole rings is 1. The minimum absolute atomic E-state index is 0.426. The van der Waals surface area contributed by atoms with Crippen LogP contribution in [0.3, 0.4) is 0 Å². The maximum Gasteiger partial charge on any atom is 0.331 e. The fraction of sp³-hybridized carbons (Fsp3) is 0.474. The predicted octanol–water partition coefficient (Wildman–Crippen LogP) is 3.21. The smallest absolute Gasteiger partial charge is 0.331 e. The van der Waals surface area contributed by atoms with Gasteiger partial charge in [0.15, 0.2) is 0 Å². The Labute approximate surface area is 165 Å². The van der Waals surface area contributed by atoms with E-state index in [4.69, 9.17) is 5.73 Å². The lowest BCUT2D eigenvalue weighted by molar-refractivity contribution is 0.229. The number of urea groups is 1. The van der Waals surface area contributed by atoms with Crippen LogP contribution in [0.2, 0.25) is 0 Å². The molecule has 1 aromatic rings. The average Bonchev–Trinajstić information content (AvgIpc) is 3.20. The third-order valence-corrected chi connectivity index (χ3v) is 3.85. The van der Waals surface area contributed by atoms with E-state index in [1.54, 1.807) is 30.1 Å². The van der Waals surface area contributed by atoms with Crippen molar-refractivity contribution in [2.24, 2.45) is 15.7 Å². The Hall–Kier alpha value is -2.97. The van der Waals surface area contributed by atoms with Gasteiger partial charge in [-0.15, -0.1) is 0 Å². The van der Waals surface area contributed by atoms with Crippen LogP contribution in [0.25, 0.3) is 0 Å². The Bertz CT molecular complexity index is 702.